The smallest absolute Gasteiger partial charge is 0.262 e. The molecule has 0 fully saturated rings. The third-order valence-corrected chi connectivity index (χ3v) is 4.42. The molecule has 2 aromatic carbocycles. The maximum atomic E-state index is 12.2. The number of benzene rings is 2. The van der Waals surface area contributed by atoms with Crippen molar-refractivity contribution in [2.75, 3.05) is 30.0 Å². The van der Waals surface area contributed by atoms with Crippen LogP contribution in [0.3, 0.4) is 0 Å². The van der Waals surface area contributed by atoms with Gasteiger partial charge in [-0.3, -0.25) is 4.79 Å². The second kappa shape index (κ2) is 9.65. The van der Waals surface area contributed by atoms with Gasteiger partial charge in [0.05, 0.1) is 23.0 Å². The number of nitriles is 1. The number of nitrogens with one attached hydrogen (secondary N) is 1. The molecular weight excluding hydrogens is 420 g/mol. The molecule has 3 rings (SSSR count). The molecule has 158 valence electrons. The Bertz CT molecular complexity index is 1160. The van der Waals surface area contributed by atoms with Crippen molar-refractivity contribution in [2.24, 2.45) is 0 Å². The Kier molecular flexibility index (Phi) is 6.74. The number of carbonyl (C=O) groups excluding carboxylic acids is 1. The molecule has 9 nitrogen and oxygen atoms in total. The third kappa shape index (κ3) is 5.12. The van der Waals surface area contributed by atoms with Crippen LogP contribution < -0.4 is 26.3 Å². The van der Waals surface area contributed by atoms with Crippen molar-refractivity contribution in [2.45, 2.75) is 6.92 Å². The van der Waals surface area contributed by atoms with E-state index in [2.05, 4.69) is 15.3 Å². The molecule has 0 aliphatic heterocycles. The first kappa shape index (κ1) is 21.7. The van der Waals surface area contributed by atoms with E-state index < -0.39 is 0 Å². The van der Waals surface area contributed by atoms with Gasteiger partial charge in [-0.05, 0) is 37.3 Å². The summed E-state index contributed by atoms with van der Waals surface area (Å²) in [5, 5.41) is 12.5. The lowest BCUT2D eigenvalue weighted by molar-refractivity contribution is -0.118. The van der Waals surface area contributed by atoms with E-state index in [1.807, 2.05) is 13.0 Å². The van der Waals surface area contributed by atoms with E-state index in [9.17, 15) is 10.1 Å². The van der Waals surface area contributed by atoms with Crippen LogP contribution in [0, 0.1) is 11.3 Å². The van der Waals surface area contributed by atoms with E-state index in [1.54, 1.807) is 42.5 Å². The number of carbonyl (C=O) groups is 1. The van der Waals surface area contributed by atoms with Gasteiger partial charge in [0.25, 0.3) is 5.91 Å². The average Bonchev–Trinajstić information content (AvgIpc) is 2.74. The summed E-state index contributed by atoms with van der Waals surface area (Å²) in [6, 6.07) is 13.8. The van der Waals surface area contributed by atoms with Gasteiger partial charge in [-0.25, -0.2) is 4.98 Å². The largest absolute Gasteiger partial charge is 0.490 e. The van der Waals surface area contributed by atoms with Gasteiger partial charge in [0.1, 0.15) is 17.5 Å². The number of halogens is 1. The van der Waals surface area contributed by atoms with E-state index in [4.69, 9.17) is 32.5 Å². The van der Waals surface area contributed by atoms with E-state index >= 15 is 0 Å². The number of aromatic nitrogens is 2. The Balaban J connectivity index is 1.82. The highest BCUT2D eigenvalue weighted by Gasteiger charge is 2.16. The molecule has 1 aromatic heterocycles. The predicted molar refractivity (Wildman–Crippen MR) is 118 cm³/mol. The molecule has 0 radical (unpaired) electrons. The van der Waals surface area contributed by atoms with Crippen LogP contribution in [0.25, 0.3) is 11.3 Å². The lowest BCUT2D eigenvalue weighted by Crippen LogP contribution is -2.20. The summed E-state index contributed by atoms with van der Waals surface area (Å²) in [5.41, 5.74) is 12.9. The number of nitrogens with zero attached hydrogens (tertiary/aromatic N) is 3. The van der Waals surface area contributed by atoms with Crippen LogP contribution in [0.1, 0.15) is 12.5 Å². The summed E-state index contributed by atoms with van der Waals surface area (Å²) in [6.45, 7) is 1.90. The van der Waals surface area contributed by atoms with Crippen molar-refractivity contribution in [1.82, 2.24) is 9.97 Å². The number of amides is 1. The van der Waals surface area contributed by atoms with Gasteiger partial charge in [-0.1, -0.05) is 23.7 Å². The minimum absolute atomic E-state index is 0.0143. The van der Waals surface area contributed by atoms with Crippen LogP contribution in [0.4, 0.5) is 17.5 Å². The molecular formula is C21H19ClN6O3. The van der Waals surface area contributed by atoms with Gasteiger partial charge in [0.2, 0.25) is 5.95 Å². The highest BCUT2D eigenvalue weighted by atomic mass is 35.5. The first-order chi connectivity index (χ1) is 14.9. The molecule has 1 amide bonds. The number of hydrogen-bond donors (Lipinski definition) is 3. The van der Waals surface area contributed by atoms with Crippen LogP contribution in [-0.2, 0) is 4.79 Å². The Morgan fingerprint density at radius 1 is 1.16 bits per heavy atom. The van der Waals surface area contributed by atoms with Gasteiger partial charge >= 0.3 is 0 Å². The maximum Gasteiger partial charge on any atom is 0.262 e. The van der Waals surface area contributed by atoms with Crippen LogP contribution in [0.15, 0.2) is 42.5 Å². The fraction of sp³-hybridized carbons (Fsp3) is 0.143. The van der Waals surface area contributed by atoms with Gasteiger partial charge in [-0.15, -0.1) is 0 Å². The second-order valence-electron chi connectivity index (χ2n) is 6.21. The number of para-hydroxylation sites is 1. The molecule has 1 heterocycles. The van der Waals surface area contributed by atoms with Crippen LogP contribution in [0.5, 0.6) is 11.5 Å². The molecule has 3 aromatic rings. The quantitative estimate of drug-likeness (QED) is 0.508. The van der Waals surface area contributed by atoms with Crippen molar-refractivity contribution in [1.29, 1.82) is 5.26 Å². The van der Waals surface area contributed by atoms with E-state index in [0.29, 0.717) is 34.4 Å². The van der Waals surface area contributed by atoms with Crippen LogP contribution >= 0.6 is 11.6 Å². The Hall–Kier alpha value is -4.03. The van der Waals surface area contributed by atoms with E-state index in [0.717, 1.165) is 0 Å². The van der Waals surface area contributed by atoms with E-state index in [-0.39, 0.29) is 35.5 Å². The van der Waals surface area contributed by atoms with Crippen molar-refractivity contribution in [3.05, 3.63) is 53.1 Å². The Labute approximate surface area is 183 Å². The zero-order chi connectivity index (χ0) is 22.4. The number of hydrogen-bond acceptors (Lipinski definition) is 8. The molecule has 0 bridgehead atoms. The first-order valence-electron chi connectivity index (χ1n) is 9.20. The molecule has 0 spiro atoms. The number of rotatable bonds is 7. The third-order valence-electron chi connectivity index (χ3n) is 4.09. The maximum absolute atomic E-state index is 12.2. The molecule has 0 saturated heterocycles. The lowest BCUT2D eigenvalue weighted by Gasteiger charge is -2.14. The van der Waals surface area contributed by atoms with Gasteiger partial charge in [0, 0.05) is 5.56 Å². The van der Waals surface area contributed by atoms with Crippen molar-refractivity contribution in [3.8, 4) is 28.8 Å². The minimum Gasteiger partial charge on any atom is -0.490 e. The van der Waals surface area contributed by atoms with Gasteiger partial charge < -0.3 is 26.3 Å². The SMILES string of the molecule is CCOc1cc(-c2nc(N)nc(N)c2C#N)ccc1OCC(=O)Nc1ccccc1Cl. The Morgan fingerprint density at radius 3 is 2.65 bits per heavy atom. The molecule has 0 unspecified atom stereocenters. The molecule has 0 saturated carbocycles. The predicted octanol–water partition coefficient (Wildman–Crippen LogP) is 3.25. The fourth-order valence-electron chi connectivity index (χ4n) is 2.75. The topological polar surface area (TPSA) is 149 Å². The highest BCUT2D eigenvalue weighted by Crippen LogP contribution is 2.34. The molecule has 10 heteroatoms. The standard InChI is InChI=1S/C21H19ClN6O3/c1-2-30-17-9-12(19-13(10-23)20(24)28-21(25)27-19)7-8-16(17)31-11-18(29)26-15-6-4-3-5-14(15)22/h3-9H,2,11H2,1H3,(H,26,29)(H4,24,25,27,28). The zero-order valence-electron chi connectivity index (χ0n) is 16.6. The van der Waals surface area contributed by atoms with Crippen LogP contribution in [0.2, 0.25) is 5.02 Å². The molecule has 0 atom stereocenters. The molecule has 0 aliphatic carbocycles. The molecule has 5 N–H and O–H groups in total. The summed E-state index contributed by atoms with van der Waals surface area (Å²) >= 11 is 6.05. The minimum atomic E-state index is -0.386. The number of ether oxygens (including phenoxy) is 2. The van der Waals surface area contributed by atoms with E-state index in [1.165, 1.54) is 0 Å². The lowest BCUT2D eigenvalue weighted by atomic mass is 10.1. The zero-order valence-corrected chi connectivity index (χ0v) is 17.3. The Morgan fingerprint density at radius 2 is 1.94 bits per heavy atom. The van der Waals surface area contributed by atoms with Gasteiger partial charge in [0.15, 0.2) is 18.1 Å². The number of nitrogens with two attached hydrogens (primary N) is 2. The summed E-state index contributed by atoms with van der Waals surface area (Å²) in [4.78, 5) is 20.2. The molecule has 31 heavy (non-hydrogen) atoms. The average molecular weight is 439 g/mol. The summed E-state index contributed by atoms with van der Waals surface area (Å²) < 4.78 is 11.3. The monoisotopic (exact) mass is 438 g/mol. The summed E-state index contributed by atoms with van der Waals surface area (Å²) in [6.07, 6.45) is 0. The van der Waals surface area contributed by atoms with Crippen molar-refractivity contribution < 1.29 is 14.3 Å². The normalized spacial score (nSPS) is 10.2. The van der Waals surface area contributed by atoms with Gasteiger partial charge in [-0.2, -0.15) is 10.2 Å². The molecule has 0 aliphatic rings. The van der Waals surface area contributed by atoms with Crippen LogP contribution in [-0.4, -0.2) is 29.1 Å². The fourth-order valence-corrected chi connectivity index (χ4v) is 2.93. The summed E-state index contributed by atoms with van der Waals surface area (Å²) in [5.74, 6) is 0.252. The first-order valence-corrected chi connectivity index (χ1v) is 9.58. The van der Waals surface area contributed by atoms with Crippen molar-refractivity contribution in [3.63, 3.8) is 0 Å². The highest BCUT2D eigenvalue weighted by molar-refractivity contribution is 6.33. The number of nitrogen functional groups attached to an aromatic ring is 2. The summed E-state index contributed by atoms with van der Waals surface area (Å²) in [7, 11) is 0. The van der Waals surface area contributed by atoms with Crippen molar-refractivity contribution >= 4 is 35.0 Å². The second-order valence-corrected chi connectivity index (χ2v) is 6.62. The number of anilines is 3.